The number of carbonyl (C=O) groups excluding carboxylic acids is 1. The van der Waals surface area contributed by atoms with E-state index < -0.39 is 0 Å². The molecule has 4 atom stereocenters. The fourth-order valence-corrected chi connectivity index (χ4v) is 3.16. The molecule has 5 nitrogen and oxygen atoms in total. The minimum atomic E-state index is -0.121. The van der Waals surface area contributed by atoms with Crippen molar-refractivity contribution in [2.45, 2.75) is 56.9 Å². The van der Waals surface area contributed by atoms with Gasteiger partial charge >= 0.3 is 6.03 Å². The number of urea groups is 1. The molecule has 0 spiro atoms. The maximum absolute atomic E-state index is 12.1. The average Bonchev–Trinajstić information content (AvgIpc) is 3.15. The lowest BCUT2D eigenvalue weighted by Crippen LogP contribution is -2.50. The molecule has 2 N–H and O–H groups in total. The van der Waals surface area contributed by atoms with Crippen LogP contribution in [0.4, 0.5) is 4.79 Å². The average molecular weight is 304 g/mol. The summed E-state index contributed by atoms with van der Waals surface area (Å²) >= 11 is 0. The van der Waals surface area contributed by atoms with Crippen molar-refractivity contribution in [3.05, 3.63) is 30.3 Å². The van der Waals surface area contributed by atoms with Crippen LogP contribution in [-0.2, 0) is 4.74 Å². The van der Waals surface area contributed by atoms with Crippen LogP contribution < -0.4 is 15.4 Å². The van der Waals surface area contributed by atoms with E-state index in [4.69, 9.17) is 9.47 Å². The van der Waals surface area contributed by atoms with Gasteiger partial charge in [-0.1, -0.05) is 25.1 Å². The summed E-state index contributed by atoms with van der Waals surface area (Å²) in [7, 11) is 0. The van der Waals surface area contributed by atoms with Crippen molar-refractivity contribution in [2.75, 3.05) is 6.61 Å². The van der Waals surface area contributed by atoms with Gasteiger partial charge in [0.25, 0.3) is 0 Å². The molecule has 1 aromatic carbocycles. The highest BCUT2D eigenvalue weighted by molar-refractivity contribution is 5.74. The molecule has 0 unspecified atom stereocenters. The first-order valence-electron chi connectivity index (χ1n) is 8.15. The fourth-order valence-electron chi connectivity index (χ4n) is 3.16. The predicted molar refractivity (Wildman–Crippen MR) is 84.0 cm³/mol. The third kappa shape index (κ3) is 3.71. The Morgan fingerprint density at radius 3 is 2.82 bits per heavy atom. The molecule has 2 amide bonds. The molecule has 5 heteroatoms. The Morgan fingerprint density at radius 1 is 1.36 bits per heavy atom. The van der Waals surface area contributed by atoms with E-state index in [9.17, 15) is 4.79 Å². The standard InChI is InChI=1S/C17H24N2O3/c1-2-12(11-21-13-6-4-3-5-7-13)18-17(20)19-15-10-14-8-9-16(15)22-14/h3-7,12,14-16H,2,8-11H2,1H3,(H2,18,19,20)/t12-,14+,15+,16+/m0/s1. The Labute approximate surface area is 131 Å². The number of rotatable bonds is 6. The molecule has 3 rings (SSSR count). The van der Waals surface area contributed by atoms with Gasteiger partial charge in [-0.3, -0.25) is 0 Å². The van der Waals surface area contributed by atoms with Crippen LogP contribution in [-0.4, -0.2) is 36.9 Å². The SMILES string of the molecule is CC[C@@H](COc1ccccc1)NC(=O)N[C@@H]1C[C@H]2CC[C@H]1O2. The quantitative estimate of drug-likeness (QED) is 0.849. The molecule has 2 aliphatic heterocycles. The third-order valence-electron chi connectivity index (χ3n) is 4.44. The molecule has 2 fully saturated rings. The van der Waals surface area contributed by atoms with Crippen LogP contribution in [0, 0.1) is 0 Å². The monoisotopic (exact) mass is 304 g/mol. The maximum atomic E-state index is 12.1. The van der Waals surface area contributed by atoms with Crippen molar-refractivity contribution in [1.82, 2.24) is 10.6 Å². The van der Waals surface area contributed by atoms with Crippen molar-refractivity contribution >= 4 is 6.03 Å². The molecule has 0 saturated carbocycles. The van der Waals surface area contributed by atoms with E-state index in [1.54, 1.807) is 0 Å². The molecule has 22 heavy (non-hydrogen) atoms. The first-order valence-corrected chi connectivity index (χ1v) is 8.15. The Morgan fingerprint density at radius 2 is 2.18 bits per heavy atom. The second-order valence-corrected chi connectivity index (χ2v) is 6.06. The number of hydrogen-bond acceptors (Lipinski definition) is 3. The molecule has 0 radical (unpaired) electrons. The topological polar surface area (TPSA) is 59.6 Å². The van der Waals surface area contributed by atoms with Crippen molar-refractivity contribution in [3.8, 4) is 5.75 Å². The highest BCUT2D eigenvalue weighted by Crippen LogP contribution is 2.34. The lowest BCUT2D eigenvalue weighted by molar-refractivity contribution is 0.0979. The summed E-state index contributed by atoms with van der Waals surface area (Å²) in [5, 5.41) is 6.04. The van der Waals surface area contributed by atoms with Gasteiger partial charge in [-0.25, -0.2) is 4.79 Å². The molecule has 0 aliphatic carbocycles. The van der Waals surface area contributed by atoms with E-state index in [0.29, 0.717) is 12.7 Å². The van der Waals surface area contributed by atoms with E-state index >= 15 is 0 Å². The van der Waals surface area contributed by atoms with Gasteiger partial charge in [0.05, 0.1) is 24.3 Å². The molecule has 2 heterocycles. The van der Waals surface area contributed by atoms with Crippen LogP contribution in [0.1, 0.15) is 32.6 Å². The largest absolute Gasteiger partial charge is 0.491 e. The van der Waals surface area contributed by atoms with Gasteiger partial charge in [-0.05, 0) is 37.8 Å². The maximum Gasteiger partial charge on any atom is 0.315 e. The molecular weight excluding hydrogens is 280 g/mol. The Balaban J connectivity index is 1.42. The van der Waals surface area contributed by atoms with Crippen molar-refractivity contribution in [3.63, 3.8) is 0 Å². The minimum Gasteiger partial charge on any atom is -0.491 e. The molecule has 2 saturated heterocycles. The number of hydrogen-bond donors (Lipinski definition) is 2. The zero-order chi connectivity index (χ0) is 15.4. The molecule has 120 valence electrons. The summed E-state index contributed by atoms with van der Waals surface area (Å²) in [4.78, 5) is 12.1. The number of nitrogens with one attached hydrogen (secondary N) is 2. The molecule has 0 aromatic heterocycles. The number of carbonyl (C=O) groups is 1. The van der Waals surface area contributed by atoms with Crippen LogP contribution in [0.15, 0.2) is 30.3 Å². The lowest BCUT2D eigenvalue weighted by Gasteiger charge is -2.23. The minimum absolute atomic E-state index is 0.000264. The predicted octanol–water partition coefficient (Wildman–Crippen LogP) is 2.46. The second-order valence-electron chi connectivity index (χ2n) is 6.06. The summed E-state index contributed by atoms with van der Waals surface area (Å²) in [6.07, 6.45) is 4.51. The van der Waals surface area contributed by atoms with E-state index in [0.717, 1.165) is 31.4 Å². The first kappa shape index (κ1) is 15.2. The number of amides is 2. The van der Waals surface area contributed by atoms with Crippen molar-refractivity contribution in [2.24, 2.45) is 0 Å². The van der Waals surface area contributed by atoms with Gasteiger partial charge in [-0.15, -0.1) is 0 Å². The van der Waals surface area contributed by atoms with E-state index in [2.05, 4.69) is 10.6 Å². The summed E-state index contributed by atoms with van der Waals surface area (Å²) in [6.45, 7) is 2.51. The zero-order valence-electron chi connectivity index (χ0n) is 13.0. The third-order valence-corrected chi connectivity index (χ3v) is 4.44. The van der Waals surface area contributed by atoms with E-state index in [1.165, 1.54) is 0 Å². The number of ether oxygens (including phenoxy) is 2. The lowest BCUT2D eigenvalue weighted by atomic mass is 9.96. The zero-order valence-corrected chi connectivity index (χ0v) is 13.0. The van der Waals surface area contributed by atoms with Gasteiger partial charge in [0.1, 0.15) is 12.4 Å². The van der Waals surface area contributed by atoms with Gasteiger partial charge < -0.3 is 20.1 Å². The van der Waals surface area contributed by atoms with E-state index in [-0.39, 0.29) is 24.2 Å². The highest BCUT2D eigenvalue weighted by Gasteiger charge is 2.41. The van der Waals surface area contributed by atoms with Crippen LogP contribution in [0.2, 0.25) is 0 Å². The van der Waals surface area contributed by atoms with Crippen LogP contribution in [0.5, 0.6) is 5.75 Å². The summed E-state index contributed by atoms with van der Waals surface area (Å²) in [5.74, 6) is 0.824. The van der Waals surface area contributed by atoms with Gasteiger partial charge in [0.15, 0.2) is 0 Å². The van der Waals surface area contributed by atoms with Gasteiger partial charge in [-0.2, -0.15) is 0 Å². The summed E-state index contributed by atoms with van der Waals surface area (Å²) in [6, 6.07) is 9.69. The summed E-state index contributed by atoms with van der Waals surface area (Å²) in [5.41, 5.74) is 0. The van der Waals surface area contributed by atoms with Crippen molar-refractivity contribution in [1.29, 1.82) is 0 Å². The number of para-hydroxylation sites is 1. The fraction of sp³-hybridized carbons (Fsp3) is 0.588. The van der Waals surface area contributed by atoms with Gasteiger partial charge in [0.2, 0.25) is 0 Å². The van der Waals surface area contributed by atoms with E-state index in [1.807, 2.05) is 37.3 Å². The second kappa shape index (κ2) is 7.01. The molecular formula is C17H24N2O3. The smallest absolute Gasteiger partial charge is 0.315 e. The van der Waals surface area contributed by atoms with Gasteiger partial charge in [0, 0.05) is 0 Å². The van der Waals surface area contributed by atoms with Crippen LogP contribution in [0.25, 0.3) is 0 Å². The summed E-state index contributed by atoms with van der Waals surface area (Å²) < 4.78 is 11.5. The molecule has 1 aromatic rings. The Bertz CT molecular complexity index is 494. The highest BCUT2D eigenvalue weighted by atomic mass is 16.5. The Kier molecular flexibility index (Phi) is 4.83. The number of fused-ring (bicyclic) bond motifs is 2. The molecule has 2 aliphatic rings. The Hall–Kier alpha value is -1.75. The van der Waals surface area contributed by atoms with Crippen LogP contribution in [0.3, 0.4) is 0 Å². The van der Waals surface area contributed by atoms with Crippen molar-refractivity contribution < 1.29 is 14.3 Å². The number of benzene rings is 1. The molecule has 2 bridgehead atoms. The van der Waals surface area contributed by atoms with Crippen LogP contribution >= 0.6 is 0 Å². The first-order chi connectivity index (χ1) is 10.7. The normalized spacial score (nSPS) is 27.4.